The molecule has 3 rings (SSSR count). The summed E-state index contributed by atoms with van der Waals surface area (Å²) in [6, 6.07) is 5.39. The van der Waals surface area contributed by atoms with Gasteiger partial charge in [-0.15, -0.1) is 11.3 Å². The van der Waals surface area contributed by atoms with E-state index < -0.39 is 18.0 Å². The van der Waals surface area contributed by atoms with Crippen LogP contribution in [0.2, 0.25) is 0 Å². The maximum absolute atomic E-state index is 12.6. The van der Waals surface area contributed by atoms with Crippen molar-refractivity contribution in [2.24, 2.45) is 0 Å². The van der Waals surface area contributed by atoms with E-state index in [2.05, 4.69) is 10.6 Å². The number of anilines is 1. The molecule has 154 valence electrons. The van der Waals surface area contributed by atoms with E-state index in [0.29, 0.717) is 16.5 Å². The molecule has 9 heteroatoms. The highest BCUT2D eigenvalue weighted by molar-refractivity contribution is 7.16. The van der Waals surface area contributed by atoms with Gasteiger partial charge in [0.25, 0.3) is 5.91 Å². The Bertz CT molecular complexity index is 968. The van der Waals surface area contributed by atoms with Crippen molar-refractivity contribution in [1.82, 2.24) is 5.32 Å². The summed E-state index contributed by atoms with van der Waals surface area (Å²) >= 11 is 1.29. The van der Waals surface area contributed by atoms with E-state index >= 15 is 0 Å². The van der Waals surface area contributed by atoms with Crippen molar-refractivity contribution in [2.75, 3.05) is 12.1 Å². The van der Waals surface area contributed by atoms with Crippen LogP contribution in [0, 0.1) is 13.8 Å². The van der Waals surface area contributed by atoms with Gasteiger partial charge in [-0.3, -0.25) is 9.59 Å². The lowest BCUT2D eigenvalue weighted by molar-refractivity contribution is -0.129. The average molecular weight is 418 g/mol. The van der Waals surface area contributed by atoms with Crippen molar-refractivity contribution < 1.29 is 28.6 Å². The van der Waals surface area contributed by atoms with Gasteiger partial charge in [0.15, 0.2) is 17.6 Å². The normalized spacial score (nSPS) is 13.0. The predicted molar refractivity (Wildman–Crippen MR) is 107 cm³/mol. The van der Waals surface area contributed by atoms with Gasteiger partial charge in [0.1, 0.15) is 5.00 Å². The van der Waals surface area contributed by atoms with Gasteiger partial charge in [0, 0.05) is 18.3 Å². The van der Waals surface area contributed by atoms with Crippen molar-refractivity contribution >= 4 is 34.1 Å². The number of fused-ring (bicyclic) bond motifs is 1. The molecule has 1 aliphatic heterocycles. The molecule has 2 amide bonds. The molecule has 2 aromatic rings. The fraction of sp³-hybridized carbons (Fsp3) is 0.350. The largest absolute Gasteiger partial charge is 0.454 e. The predicted octanol–water partition coefficient (Wildman–Crippen LogP) is 2.91. The van der Waals surface area contributed by atoms with Crippen LogP contribution in [0.15, 0.2) is 18.2 Å². The van der Waals surface area contributed by atoms with Crippen molar-refractivity contribution in [1.29, 1.82) is 0 Å². The van der Waals surface area contributed by atoms with Gasteiger partial charge < -0.3 is 24.8 Å². The van der Waals surface area contributed by atoms with Crippen molar-refractivity contribution in [3.63, 3.8) is 0 Å². The lowest BCUT2D eigenvalue weighted by Gasteiger charge is -2.14. The highest BCUT2D eigenvalue weighted by Gasteiger charge is 2.25. The molecule has 0 radical (unpaired) electrons. The Kier molecular flexibility index (Phi) is 6.07. The maximum atomic E-state index is 12.6. The molecular formula is C20H22N2O6S. The molecule has 1 aliphatic rings. The van der Waals surface area contributed by atoms with Crippen LogP contribution in [-0.2, 0) is 20.9 Å². The molecular weight excluding hydrogens is 396 g/mol. The Labute approximate surface area is 172 Å². The summed E-state index contributed by atoms with van der Waals surface area (Å²) in [5.74, 6) is -0.0679. The molecule has 0 saturated heterocycles. The van der Waals surface area contributed by atoms with E-state index in [1.807, 2.05) is 13.0 Å². The number of rotatable bonds is 6. The number of aryl methyl sites for hydroxylation is 1. The first-order chi connectivity index (χ1) is 13.8. The number of nitrogens with one attached hydrogen (secondary N) is 2. The monoisotopic (exact) mass is 418 g/mol. The zero-order valence-corrected chi connectivity index (χ0v) is 17.4. The summed E-state index contributed by atoms with van der Waals surface area (Å²) in [4.78, 5) is 37.3. The fourth-order valence-corrected chi connectivity index (χ4v) is 3.87. The van der Waals surface area contributed by atoms with Crippen LogP contribution in [-0.4, -0.2) is 30.7 Å². The number of carbonyl (C=O) groups is 3. The van der Waals surface area contributed by atoms with Gasteiger partial charge in [-0.05, 0) is 44.0 Å². The molecule has 29 heavy (non-hydrogen) atoms. The molecule has 0 fully saturated rings. The van der Waals surface area contributed by atoms with Crippen LogP contribution in [0.1, 0.15) is 40.2 Å². The van der Waals surface area contributed by atoms with E-state index in [1.54, 1.807) is 19.1 Å². The highest BCUT2D eigenvalue weighted by atomic mass is 32.1. The topological polar surface area (TPSA) is 103 Å². The Balaban J connectivity index is 1.61. The van der Waals surface area contributed by atoms with E-state index in [4.69, 9.17) is 14.2 Å². The Morgan fingerprint density at radius 3 is 2.66 bits per heavy atom. The third-order valence-corrected chi connectivity index (χ3v) is 5.56. The van der Waals surface area contributed by atoms with E-state index in [1.165, 1.54) is 25.2 Å². The number of carbonyl (C=O) groups excluding carboxylic acids is 3. The number of esters is 1. The van der Waals surface area contributed by atoms with Crippen molar-refractivity contribution in [2.45, 2.75) is 40.3 Å². The Morgan fingerprint density at radius 2 is 1.93 bits per heavy atom. The van der Waals surface area contributed by atoms with Gasteiger partial charge >= 0.3 is 5.97 Å². The standard InChI is InChI=1S/C20H22N2O6S/c1-10-12(3)29-19(22-13(4)23)17(10)20(25)28-11(2)18(24)21-8-14-5-6-15-16(7-14)27-9-26-15/h5-7,11H,8-9H2,1-4H3,(H,21,24)(H,22,23)/t11-/m0/s1. The van der Waals surface area contributed by atoms with E-state index in [0.717, 1.165) is 16.0 Å². The first kappa shape index (κ1) is 20.7. The number of ether oxygens (including phenoxy) is 3. The van der Waals surface area contributed by atoms with Crippen LogP contribution in [0.3, 0.4) is 0 Å². The first-order valence-electron chi connectivity index (χ1n) is 9.01. The van der Waals surface area contributed by atoms with Gasteiger partial charge in [-0.1, -0.05) is 6.07 Å². The molecule has 0 bridgehead atoms. The van der Waals surface area contributed by atoms with Crippen LogP contribution in [0.4, 0.5) is 5.00 Å². The molecule has 0 saturated carbocycles. The van der Waals surface area contributed by atoms with Crippen LogP contribution in [0.25, 0.3) is 0 Å². The quantitative estimate of drug-likeness (QED) is 0.700. The first-order valence-corrected chi connectivity index (χ1v) is 9.82. The van der Waals surface area contributed by atoms with Crippen LogP contribution < -0.4 is 20.1 Å². The zero-order chi connectivity index (χ0) is 21.1. The summed E-state index contributed by atoms with van der Waals surface area (Å²) in [5.41, 5.74) is 1.83. The Morgan fingerprint density at radius 1 is 1.21 bits per heavy atom. The molecule has 1 atom stereocenters. The second-order valence-corrected chi connectivity index (χ2v) is 7.85. The Hall–Kier alpha value is -3.07. The van der Waals surface area contributed by atoms with Crippen molar-refractivity contribution in [3.8, 4) is 11.5 Å². The molecule has 1 aromatic heterocycles. The van der Waals surface area contributed by atoms with Crippen LogP contribution >= 0.6 is 11.3 Å². The van der Waals surface area contributed by atoms with Crippen molar-refractivity contribution in [3.05, 3.63) is 39.8 Å². The summed E-state index contributed by atoms with van der Waals surface area (Å²) < 4.78 is 15.9. The molecule has 1 aromatic carbocycles. The molecule has 2 N–H and O–H groups in total. The zero-order valence-electron chi connectivity index (χ0n) is 16.6. The van der Waals surface area contributed by atoms with Gasteiger partial charge in [0.05, 0.1) is 5.56 Å². The summed E-state index contributed by atoms with van der Waals surface area (Å²) in [6.07, 6.45) is -0.999. The summed E-state index contributed by atoms with van der Waals surface area (Å²) in [7, 11) is 0. The minimum atomic E-state index is -0.999. The molecule has 0 aliphatic carbocycles. The lowest BCUT2D eigenvalue weighted by Crippen LogP contribution is -2.35. The number of hydrogen-bond donors (Lipinski definition) is 2. The molecule has 8 nitrogen and oxygen atoms in total. The average Bonchev–Trinajstić information content (AvgIpc) is 3.23. The SMILES string of the molecule is CC(=O)Nc1sc(C)c(C)c1C(=O)O[C@@H](C)C(=O)NCc1ccc2c(c1)OCO2. The minimum Gasteiger partial charge on any atom is -0.454 e. The molecule has 0 unspecified atom stereocenters. The number of amides is 2. The highest BCUT2D eigenvalue weighted by Crippen LogP contribution is 2.34. The third-order valence-electron chi connectivity index (χ3n) is 4.44. The number of benzene rings is 1. The van der Waals surface area contributed by atoms with E-state index in [-0.39, 0.29) is 24.8 Å². The van der Waals surface area contributed by atoms with Gasteiger partial charge in [-0.2, -0.15) is 0 Å². The summed E-state index contributed by atoms with van der Waals surface area (Å²) in [5, 5.41) is 5.80. The maximum Gasteiger partial charge on any atom is 0.342 e. The van der Waals surface area contributed by atoms with Crippen LogP contribution in [0.5, 0.6) is 11.5 Å². The number of thiophene rings is 1. The second kappa shape index (κ2) is 8.52. The lowest BCUT2D eigenvalue weighted by atomic mass is 10.1. The summed E-state index contributed by atoms with van der Waals surface area (Å²) in [6.45, 7) is 6.93. The van der Waals surface area contributed by atoms with Gasteiger partial charge in [0.2, 0.25) is 12.7 Å². The second-order valence-electron chi connectivity index (χ2n) is 6.62. The fourth-order valence-electron chi connectivity index (χ4n) is 2.78. The minimum absolute atomic E-state index is 0.181. The molecule has 0 spiro atoms. The third kappa shape index (κ3) is 4.68. The smallest absolute Gasteiger partial charge is 0.342 e. The van der Waals surface area contributed by atoms with Gasteiger partial charge in [-0.25, -0.2) is 4.79 Å². The van der Waals surface area contributed by atoms with E-state index in [9.17, 15) is 14.4 Å². The number of hydrogen-bond acceptors (Lipinski definition) is 7. The molecule has 2 heterocycles.